The summed E-state index contributed by atoms with van der Waals surface area (Å²) in [5, 5.41) is 2.99. The number of carbonyl (C=O) groups excluding carboxylic acids is 1. The third-order valence-corrected chi connectivity index (χ3v) is 5.87. The van der Waals surface area contributed by atoms with E-state index in [1.165, 1.54) is 5.56 Å². The van der Waals surface area contributed by atoms with Crippen LogP contribution in [0.25, 0.3) is 5.57 Å². The predicted molar refractivity (Wildman–Crippen MR) is 132 cm³/mol. The molecule has 170 valence electrons. The first-order valence-electron chi connectivity index (χ1n) is 11.3. The van der Waals surface area contributed by atoms with Crippen LogP contribution in [-0.2, 0) is 10.2 Å². The minimum atomic E-state index is -0.305. The SMILES string of the molecule is Cc1ccc(Oc2ccc(/C(=C/[C@H]3CCC(=O)N3)c3ccc(C(C)(C)C)cc3)[nH]c2=O)cc1. The fourth-order valence-electron chi connectivity index (χ4n) is 3.89. The first-order valence-corrected chi connectivity index (χ1v) is 11.3. The lowest BCUT2D eigenvalue weighted by molar-refractivity contribution is -0.119. The molecule has 2 N–H and O–H groups in total. The molecule has 4 rings (SSSR count). The summed E-state index contributed by atoms with van der Waals surface area (Å²) in [5.74, 6) is 0.897. The summed E-state index contributed by atoms with van der Waals surface area (Å²) in [6.07, 6.45) is 3.28. The van der Waals surface area contributed by atoms with Crippen LogP contribution in [0.4, 0.5) is 0 Å². The van der Waals surface area contributed by atoms with Gasteiger partial charge in [0.25, 0.3) is 5.56 Å². The highest BCUT2D eigenvalue weighted by Gasteiger charge is 2.21. The van der Waals surface area contributed by atoms with Crippen molar-refractivity contribution >= 4 is 11.5 Å². The molecule has 1 atom stereocenters. The first kappa shape index (κ1) is 22.6. The molecule has 0 aliphatic carbocycles. The zero-order chi connectivity index (χ0) is 23.6. The van der Waals surface area contributed by atoms with E-state index in [2.05, 4.69) is 55.3 Å². The number of nitrogens with one attached hydrogen (secondary N) is 2. The lowest BCUT2D eigenvalue weighted by Crippen LogP contribution is -2.23. The lowest BCUT2D eigenvalue weighted by atomic mass is 9.86. The number of pyridine rings is 1. The third-order valence-electron chi connectivity index (χ3n) is 5.87. The van der Waals surface area contributed by atoms with E-state index in [1.54, 1.807) is 6.07 Å². The van der Waals surface area contributed by atoms with Crippen molar-refractivity contribution in [2.24, 2.45) is 0 Å². The molecule has 1 aliphatic heterocycles. The van der Waals surface area contributed by atoms with Gasteiger partial charge >= 0.3 is 0 Å². The summed E-state index contributed by atoms with van der Waals surface area (Å²) in [6, 6.07) is 19.4. The molecule has 0 spiro atoms. The van der Waals surface area contributed by atoms with Crippen molar-refractivity contribution in [3.8, 4) is 11.5 Å². The van der Waals surface area contributed by atoms with Crippen LogP contribution in [0.3, 0.4) is 0 Å². The molecule has 2 aromatic carbocycles. The quantitative estimate of drug-likeness (QED) is 0.549. The lowest BCUT2D eigenvalue weighted by Gasteiger charge is -2.20. The van der Waals surface area contributed by atoms with Crippen LogP contribution in [0.5, 0.6) is 11.5 Å². The van der Waals surface area contributed by atoms with E-state index in [9.17, 15) is 9.59 Å². The Morgan fingerprint density at radius 3 is 2.24 bits per heavy atom. The van der Waals surface area contributed by atoms with Crippen molar-refractivity contribution in [2.45, 2.75) is 52.0 Å². The number of benzene rings is 2. The molecule has 33 heavy (non-hydrogen) atoms. The van der Waals surface area contributed by atoms with Crippen molar-refractivity contribution in [1.29, 1.82) is 0 Å². The van der Waals surface area contributed by atoms with Gasteiger partial charge in [-0.15, -0.1) is 0 Å². The van der Waals surface area contributed by atoms with E-state index >= 15 is 0 Å². The molecule has 0 saturated carbocycles. The van der Waals surface area contributed by atoms with Gasteiger partial charge in [0, 0.05) is 23.7 Å². The fraction of sp³-hybridized carbons (Fsp3) is 0.286. The number of aromatic amines is 1. The van der Waals surface area contributed by atoms with Gasteiger partial charge in [0.15, 0.2) is 5.75 Å². The van der Waals surface area contributed by atoms with Crippen LogP contribution in [0.1, 0.15) is 56.0 Å². The number of amides is 1. The minimum absolute atomic E-state index is 0.0467. The molecule has 2 heterocycles. The summed E-state index contributed by atoms with van der Waals surface area (Å²) in [7, 11) is 0. The average Bonchev–Trinajstić information content (AvgIpc) is 3.19. The molecule has 1 saturated heterocycles. The van der Waals surface area contributed by atoms with Gasteiger partial charge in [-0.25, -0.2) is 0 Å². The smallest absolute Gasteiger partial charge is 0.291 e. The second-order valence-corrected chi connectivity index (χ2v) is 9.60. The Morgan fingerprint density at radius 2 is 1.67 bits per heavy atom. The summed E-state index contributed by atoms with van der Waals surface area (Å²) in [4.78, 5) is 27.6. The zero-order valence-corrected chi connectivity index (χ0v) is 19.6. The van der Waals surface area contributed by atoms with E-state index in [-0.39, 0.29) is 28.7 Å². The van der Waals surface area contributed by atoms with Crippen molar-refractivity contribution in [2.75, 3.05) is 0 Å². The minimum Gasteiger partial charge on any atom is -0.452 e. The van der Waals surface area contributed by atoms with E-state index in [0.29, 0.717) is 17.9 Å². The number of hydrogen-bond acceptors (Lipinski definition) is 3. The normalized spacial score (nSPS) is 16.5. The maximum Gasteiger partial charge on any atom is 0.291 e. The summed E-state index contributed by atoms with van der Waals surface area (Å²) in [6.45, 7) is 8.53. The average molecular weight is 443 g/mol. The topological polar surface area (TPSA) is 71.2 Å². The molecule has 3 aromatic rings. The van der Waals surface area contributed by atoms with Gasteiger partial charge in [0.2, 0.25) is 5.91 Å². The highest BCUT2D eigenvalue weighted by Crippen LogP contribution is 2.29. The molecular weight excluding hydrogens is 412 g/mol. The van der Waals surface area contributed by atoms with Crippen LogP contribution >= 0.6 is 0 Å². The van der Waals surface area contributed by atoms with Crippen molar-refractivity contribution in [1.82, 2.24) is 10.3 Å². The monoisotopic (exact) mass is 442 g/mol. The molecule has 1 aliphatic rings. The van der Waals surface area contributed by atoms with E-state index < -0.39 is 0 Å². The molecule has 0 unspecified atom stereocenters. The van der Waals surface area contributed by atoms with Gasteiger partial charge in [-0.05, 0) is 54.2 Å². The predicted octanol–water partition coefficient (Wildman–Crippen LogP) is 5.48. The summed E-state index contributed by atoms with van der Waals surface area (Å²) < 4.78 is 5.79. The fourth-order valence-corrected chi connectivity index (χ4v) is 3.89. The van der Waals surface area contributed by atoms with Crippen LogP contribution in [0.2, 0.25) is 0 Å². The highest BCUT2D eigenvalue weighted by atomic mass is 16.5. The van der Waals surface area contributed by atoms with Crippen LogP contribution in [-0.4, -0.2) is 16.9 Å². The zero-order valence-electron chi connectivity index (χ0n) is 19.6. The van der Waals surface area contributed by atoms with Crippen molar-refractivity contribution in [3.05, 3.63) is 99.5 Å². The molecule has 1 aromatic heterocycles. The van der Waals surface area contributed by atoms with Gasteiger partial charge in [0.05, 0.1) is 0 Å². The van der Waals surface area contributed by atoms with Crippen molar-refractivity contribution in [3.63, 3.8) is 0 Å². The Morgan fingerprint density at radius 1 is 0.970 bits per heavy atom. The van der Waals surface area contributed by atoms with E-state index in [1.807, 2.05) is 43.3 Å². The summed E-state index contributed by atoms with van der Waals surface area (Å²) >= 11 is 0. The molecule has 1 amide bonds. The molecule has 5 nitrogen and oxygen atoms in total. The number of ether oxygens (including phenoxy) is 1. The number of H-pyrrole nitrogens is 1. The van der Waals surface area contributed by atoms with Gasteiger partial charge in [0.1, 0.15) is 5.75 Å². The number of aromatic nitrogens is 1. The maximum absolute atomic E-state index is 12.8. The molecule has 5 heteroatoms. The van der Waals surface area contributed by atoms with Gasteiger partial charge < -0.3 is 15.0 Å². The van der Waals surface area contributed by atoms with E-state index in [0.717, 1.165) is 23.1 Å². The van der Waals surface area contributed by atoms with Crippen molar-refractivity contribution < 1.29 is 9.53 Å². The van der Waals surface area contributed by atoms with Crippen LogP contribution in [0.15, 0.2) is 71.5 Å². The van der Waals surface area contributed by atoms with E-state index in [4.69, 9.17) is 4.74 Å². The van der Waals surface area contributed by atoms with Gasteiger partial charge in [-0.1, -0.05) is 68.8 Å². The maximum atomic E-state index is 12.8. The third kappa shape index (κ3) is 5.43. The number of carbonyl (C=O) groups is 1. The molecule has 0 radical (unpaired) electrons. The molecular formula is C28H30N2O3. The number of aryl methyl sites for hydroxylation is 1. The number of rotatable bonds is 5. The molecule has 0 bridgehead atoms. The summed E-state index contributed by atoms with van der Waals surface area (Å²) in [5.41, 5.74) is 4.63. The second-order valence-electron chi connectivity index (χ2n) is 9.60. The Balaban J connectivity index is 1.69. The van der Waals surface area contributed by atoms with Gasteiger partial charge in [-0.2, -0.15) is 0 Å². The van der Waals surface area contributed by atoms with Crippen LogP contribution in [0, 0.1) is 6.92 Å². The van der Waals surface area contributed by atoms with Crippen LogP contribution < -0.4 is 15.6 Å². The number of hydrogen-bond donors (Lipinski definition) is 2. The Labute approximate surface area is 194 Å². The standard InChI is InChI=1S/C28H30N2O3/c1-18-5-12-22(13-6-18)33-25-15-14-24(30-27(25)32)23(17-21-11-16-26(31)29-21)19-7-9-20(10-8-19)28(2,3)4/h5-10,12-15,17,21H,11,16H2,1-4H3,(H,29,31)(H,30,32)/b23-17+/t21-/m1/s1. The largest absolute Gasteiger partial charge is 0.452 e. The Bertz CT molecular complexity index is 1230. The Kier molecular flexibility index (Phi) is 6.23. The second kappa shape index (κ2) is 9.10. The van der Waals surface area contributed by atoms with Gasteiger partial charge in [-0.3, -0.25) is 9.59 Å². The first-order chi connectivity index (χ1) is 15.7. The highest BCUT2D eigenvalue weighted by molar-refractivity contribution is 5.82. The Hall–Kier alpha value is -3.60. The molecule has 1 fully saturated rings.